The Morgan fingerprint density at radius 1 is 0.271 bits per heavy atom. The lowest BCUT2D eigenvalue weighted by Crippen LogP contribution is -2.76. The molecule has 0 unspecified atom stereocenters. The van der Waals surface area contributed by atoms with Gasteiger partial charge in [0.1, 0.15) is 0 Å². The van der Waals surface area contributed by atoms with E-state index in [0.29, 0.717) is 0 Å². The van der Waals surface area contributed by atoms with Crippen LogP contribution < -0.4 is 47.5 Å². The van der Waals surface area contributed by atoms with Crippen LogP contribution in [0.1, 0.15) is 0 Å². The maximum atomic E-state index is 2.56. The van der Waals surface area contributed by atoms with Gasteiger partial charge in [-0.3, -0.25) is 0 Å². The first-order valence-electron chi connectivity index (χ1n) is 20.5. The summed E-state index contributed by atoms with van der Waals surface area (Å²) in [7, 11) is 0. The molecule has 59 heavy (non-hydrogen) atoms. The molecule has 3 aliphatic rings. The fraction of sp³-hybridized carbons (Fsp3) is 0. The van der Waals surface area contributed by atoms with Gasteiger partial charge in [0, 0.05) is 22.7 Å². The van der Waals surface area contributed by atoms with Gasteiger partial charge in [-0.25, -0.2) is 0 Å². The molecule has 3 heterocycles. The third-order valence-corrected chi connectivity index (χ3v) is 12.5. The average molecular weight is 750 g/mol. The number of rotatable bonds is 5. The molecule has 0 saturated heterocycles. The lowest BCUT2D eigenvalue weighted by molar-refractivity contribution is 1.16. The second-order valence-electron chi connectivity index (χ2n) is 15.6. The van der Waals surface area contributed by atoms with Crippen LogP contribution in [0.2, 0.25) is 0 Å². The SMILES string of the molecule is c1ccc(B2c3ccccc3B3c4ccccc4N(c4ccccc4)c4c3c2cc2c4N(c3ccccc3)c3ccccc3N2c2ccc(-c3ccccc3)cc2)cc1. The van der Waals surface area contributed by atoms with E-state index in [1.165, 1.54) is 55.3 Å². The van der Waals surface area contributed by atoms with E-state index < -0.39 is 0 Å². The molecule has 3 nitrogen and oxygen atoms in total. The van der Waals surface area contributed by atoms with Gasteiger partial charge in [0.25, 0.3) is 0 Å². The molecule has 0 N–H and O–H groups in total. The highest BCUT2D eigenvalue weighted by molar-refractivity contribution is 7.12. The largest absolute Gasteiger partial charge is 0.309 e. The number of para-hydroxylation sites is 5. The Balaban J connectivity index is 1.24. The summed E-state index contributed by atoms with van der Waals surface area (Å²) in [5, 5.41) is 0. The normalized spacial score (nSPS) is 13.3. The standard InChI is InChI=1S/C54H37B2N3/c1-5-19-38(20-6-1)39-33-35-43(36-34-39)57-49-31-17-18-32-50(49)59(42-25-11-4-12-26-42)53-51(57)37-47-52-54(53)58(41-23-9-3-10-24-41)48-30-16-15-29-46(48)56(52)45-28-14-13-27-44(45)55(47)40-21-7-2-8-22-40/h1-37H. The summed E-state index contributed by atoms with van der Waals surface area (Å²) in [4.78, 5) is 7.59. The molecule has 274 valence electrons. The molecule has 0 bridgehead atoms. The molecule has 0 radical (unpaired) electrons. The first-order valence-corrected chi connectivity index (χ1v) is 20.5. The summed E-state index contributed by atoms with van der Waals surface area (Å²) < 4.78 is 0. The predicted octanol–water partition coefficient (Wildman–Crippen LogP) is 9.74. The number of fused-ring (bicyclic) bond motifs is 7. The molecule has 0 aliphatic carbocycles. The highest BCUT2D eigenvalue weighted by Crippen LogP contribution is 2.58. The molecule has 9 aromatic carbocycles. The van der Waals surface area contributed by atoms with Gasteiger partial charge < -0.3 is 14.7 Å². The third kappa shape index (κ3) is 5.18. The summed E-state index contributed by atoms with van der Waals surface area (Å²) in [6.45, 7) is 0.0567. The number of nitrogens with zero attached hydrogens (tertiary/aromatic N) is 3. The van der Waals surface area contributed by atoms with E-state index in [9.17, 15) is 0 Å². The second kappa shape index (κ2) is 13.6. The number of hydrogen-bond donors (Lipinski definition) is 0. The summed E-state index contributed by atoms with van der Waals surface area (Å²) in [6.07, 6.45) is 0. The number of anilines is 9. The van der Waals surface area contributed by atoms with Crippen molar-refractivity contribution in [2.45, 2.75) is 0 Å². The zero-order valence-corrected chi connectivity index (χ0v) is 32.4. The van der Waals surface area contributed by atoms with Crippen LogP contribution in [0.5, 0.6) is 0 Å². The highest BCUT2D eigenvalue weighted by Gasteiger charge is 2.48. The number of benzene rings is 9. The van der Waals surface area contributed by atoms with Crippen LogP contribution in [0.3, 0.4) is 0 Å². The van der Waals surface area contributed by atoms with E-state index in [0.717, 1.165) is 39.8 Å². The maximum absolute atomic E-state index is 2.56. The van der Waals surface area contributed by atoms with Crippen molar-refractivity contribution in [2.24, 2.45) is 0 Å². The van der Waals surface area contributed by atoms with Crippen LogP contribution in [-0.4, -0.2) is 13.4 Å². The number of hydrogen-bond acceptors (Lipinski definition) is 3. The molecule has 3 aliphatic heterocycles. The van der Waals surface area contributed by atoms with Gasteiger partial charge in [0.2, 0.25) is 13.4 Å². The van der Waals surface area contributed by atoms with Gasteiger partial charge in [0.15, 0.2) is 0 Å². The molecular weight excluding hydrogens is 712 g/mol. The molecule has 0 saturated carbocycles. The van der Waals surface area contributed by atoms with E-state index in [-0.39, 0.29) is 13.4 Å². The van der Waals surface area contributed by atoms with Gasteiger partial charge in [0.05, 0.1) is 28.4 Å². The summed E-state index contributed by atoms with van der Waals surface area (Å²) in [5.74, 6) is 0. The van der Waals surface area contributed by atoms with Crippen molar-refractivity contribution < 1.29 is 0 Å². The molecule has 5 heteroatoms. The minimum absolute atomic E-state index is 0.0234. The van der Waals surface area contributed by atoms with Crippen molar-refractivity contribution in [1.82, 2.24) is 0 Å². The van der Waals surface area contributed by atoms with E-state index >= 15 is 0 Å². The minimum Gasteiger partial charge on any atom is -0.309 e. The summed E-state index contributed by atoms with van der Waals surface area (Å²) in [6, 6.07) is 82.6. The first-order chi connectivity index (χ1) is 29.3. The topological polar surface area (TPSA) is 9.72 Å². The summed E-state index contributed by atoms with van der Waals surface area (Å²) in [5.41, 5.74) is 20.8. The fourth-order valence-corrected chi connectivity index (χ4v) is 10.1. The molecule has 0 spiro atoms. The minimum atomic E-state index is 0.0234. The van der Waals surface area contributed by atoms with E-state index in [1.807, 2.05) is 0 Å². The van der Waals surface area contributed by atoms with Crippen LogP contribution in [0, 0.1) is 0 Å². The predicted molar refractivity (Wildman–Crippen MR) is 252 cm³/mol. The molecule has 0 aromatic heterocycles. The molecular formula is C54H37B2N3. The van der Waals surface area contributed by atoms with Gasteiger partial charge >= 0.3 is 0 Å². The van der Waals surface area contributed by atoms with Crippen molar-refractivity contribution in [1.29, 1.82) is 0 Å². The first kappa shape index (κ1) is 33.6. The third-order valence-electron chi connectivity index (χ3n) is 12.5. The molecule has 9 aromatic rings. The van der Waals surface area contributed by atoms with Crippen molar-refractivity contribution in [2.75, 3.05) is 14.7 Å². The van der Waals surface area contributed by atoms with Crippen LogP contribution in [-0.2, 0) is 0 Å². The van der Waals surface area contributed by atoms with Crippen molar-refractivity contribution >= 4 is 97.4 Å². The van der Waals surface area contributed by atoms with Crippen LogP contribution >= 0.6 is 0 Å². The lowest BCUT2D eigenvalue weighted by atomic mass is 9.20. The van der Waals surface area contributed by atoms with Crippen LogP contribution in [0.15, 0.2) is 224 Å². The van der Waals surface area contributed by atoms with Crippen LogP contribution in [0.4, 0.5) is 51.2 Å². The van der Waals surface area contributed by atoms with E-state index in [4.69, 9.17) is 0 Å². The van der Waals surface area contributed by atoms with Crippen molar-refractivity contribution in [3.8, 4) is 11.1 Å². The zero-order valence-electron chi connectivity index (χ0n) is 32.4. The Morgan fingerprint density at radius 3 is 1.34 bits per heavy atom. The molecule has 0 amide bonds. The Hall–Kier alpha value is -7.49. The molecule has 12 rings (SSSR count). The zero-order chi connectivity index (χ0) is 38.9. The average Bonchev–Trinajstić information content (AvgIpc) is 3.32. The van der Waals surface area contributed by atoms with Gasteiger partial charge in [-0.2, -0.15) is 0 Å². The Kier molecular flexibility index (Phi) is 7.74. The van der Waals surface area contributed by atoms with Crippen molar-refractivity contribution in [3.05, 3.63) is 224 Å². The summed E-state index contributed by atoms with van der Waals surface area (Å²) >= 11 is 0. The highest BCUT2D eigenvalue weighted by atomic mass is 15.3. The monoisotopic (exact) mass is 749 g/mol. The Morgan fingerprint density at radius 2 is 0.712 bits per heavy atom. The van der Waals surface area contributed by atoms with Crippen molar-refractivity contribution in [3.63, 3.8) is 0 Å². The Bertz CT molecular complexity index is 3000. The van der Waals surface area contributed by atoms with E-state index in [2.05, 4.69) is 239 Å². The maximum Gasteiger partial charge on any atom is 0.245 e. The van der Waals surface area contributed by atoms with E-state index in [1.54, 1.807) is 0 Å². The fourth-order valence-electron chi connectivity index (χ4n) is 10.1. The quantitative estimate of drug-likeness (QED) is 0.162. The molecule has 0 atom stereocenters. The Labute approximate surface area is 346 Å². The lowest BCUT2D eigenvalue weighted by Gasteiger charge is -2.48. The smallest absolute Gasteiger partial charge is 0.245 e. The van der Waals surface area contributed by atoms with Gasteiger partial charge in [-0.05, 0) is 82.7 Å². The van der Waals surface area contributed by atoms with Gasteiger partial charge in [-0.15, -0.1) is 0 Å². The molecule has 0 fully saturated rings. The van der Waals surface area contributed by atoms with Gasteiger partial charge in [-0.1, -0.05) is 186 Å². The van der Waals surface area contributed by atoms with Crippen LogP contribution in [0.25, 0.3) is 11.1 Å². The second-order valence-corrected chi connectivity index (χ2v) is 15.6.